The number of rotatable bonds is 2. The zero-order valence-electron chi connectivity index (χ0n) is 10.6. The number of aromatic nitrogens is 3. The molecular weight excluding hydrogens is 228 g/mol. The molecule has 0 aliphatic carbocycles. The maximum absolute atomic E-state index is 11.7. The molecule has 2 aromatic rings. The first-order chi connectivity index (χ1) is 8.79. The first-order valence-corrected chi connectivity index (χ1v) is 6.61. The number of hydrogen-bond donors (Lipinski definition) is 1. The molecule has 3 heterocycles. The number of pyridine rings is 1. The maximum atomic E-state index is 11.7. The van der Waals surface area contributed by atoms with Crippen LogP contribution in [0.4, 0.5) is 0 Å². The van der Waals surface area contributed by atoms with Crippen molar-refractivity contribution < 1.29 is 0 Å². The summed E-state index contributed by atoms with van der Waals surface area (Å²) >= 11 is 0. The van der Waals surface area contributed by atoms with Crippen LogP contribution >= 0.6 is 0 Å². The minimum Gasteiger partial charge on any atom is -0.294 e. The van der Waals surface area contributed by atoms with Gasteiger partial charge in [-0.25, -0.2) is 9.50 Å². The van der Waals surface area contributed by atoms with Gasteiger partial charge in [-0.3, -0.25) is 14.8 Å². The fraction of sp³-hybridized carbons (Fsp3) is 0.538. The third-order valence-electron chi connectivity index (χ3n) is 3.73. The van der Waals surface area contributed by atoms with E-state index in [1.807, 2.05) is 6.07 Å². The molecule has 1 aliphatic heterocycles. The van der Waals surface area contributed by atoms with Crippen molar-refractivity contribution >= 4 is 5.65 Å². The van der Waals surface area contributed by atoms with Crippen LogP contribution in [0, 0.1) is 0 Å². The number of nitrogens with zero attached hydrogens (tertiary/aromatic N) is 3. The highest BCUT2D eigenvalue weighted by atomic mass is 16.1. The van der Waals surface area contributed by atoms with E-state index in [1.54, 1.807) is 12.1 Å². The Balaban J connectivity index is 2.03. The molecule has 0 aromatic carbocycles. The van der Waals surface area contributed by atoms with Gasteiger partial charge in [0, 0.05) is 6.07 Å². The molecule has 0 spiro atoms. The van der Waals surface area contributed by atoms with Crippen LogP contribution in [0.1, 0.15) is 38.1 Å². The van der Waals surface area contributed by atoms with Crippen molar-refractivity contribution in [1.82, 2.24) is 19.5 Å². The number of hydrogen-bond acceptors (Lipinski definition) is 3. The Kier molecular flexibility index (Phi) is 2.91. The van der Waals surface area contributed by atoms with E-state index >= 15 is 0 Å². The Morgan fingerprint density at radius 1 is 1.44 bits per heavy atom. The minimum absolute atomic E-state index is 0.0508. The Labute approximate surface area is 105 Å². The lowest BCUT2D eigenvalue weighted by molar-refractivity contribution is 0.150. The second-order valence-corrected chi connectivity index (χ2v) is 4.81. The minimum atomic E-state index is -0.0508. The van der Waals surface area contributed by atoms with Crippen LogP contribution in [0.2, 0.25) is 0 Å². The van der Waals surface area contributed by atoms with Gasteiger partial charge in [-0.15, -0.1) is 0 Å². The zero-order chi connectivity index (χ0) is 12.5. The fourth-order valence-electron chi connectivity index (χ4n) is 2.77. The van der Waals surface area contributed by atoms with Gasteiger partial charge in [0.15, 0.2) is 5.65 Å². The molecule has 0 saturated carbocycles. The number of likely N-dealkylation sites (tertiary alicyclic amines) is 1. The second kappa shape index (κ2) is 4.57. The average molecular weight is 246 g/mol. The van der Waals surface area contributed by atoms with E-state index in [9.17, 15) is 4.79 Å². The summed E-state index contributed by atoms with van der Waals surface area (Å²) in [6, 6.07) is 5.48. The largest absolute Gasteiger partial charge is 0.294 e. The van der Waals surface area contributed by atoms with Crippen LogP contribution in [0.5, 0.6) is 0 Å². The third kappa shape index (κ3) is 1.84. The molecule has 5 nitrogen and oxygen atoms in total. The predicted molar refractivity (Wildman–Crippen MR) is 69.7 cm³/mol. The molecule has 0 amide bonds. The van der Waals surface area contributed by atoms with E-state index < -0.39 is 0 Å². The fourth-order valence-corrected chi connectivity index (χ4v) is 2.77. The Hall–Kier alpha value is -1.62. The highest BCUT2D eigenvalue weighted by Gasteiger charge is 2.25. The van der Waals surface area contributed by atoms with Crippen molar-refractivity contribution in [2.75, 3.05) is 13.1 Å². The topological polar surface area (TPSA) is 53.4 Å². The van der Waals surface area contributed by atoms with Gasteiger partial charge in [-0.05, 0) is 32.0 Å². The van der Waals surface area contributed by atoms with Crippen molar-refractivity contribution in [1.29, 1.82) is 0 Å². The standard InChI is InChI=1S/C13H18N4O/c1-2-16-9-4-3-6-10(16)13-14-11-7-5-8-12(18)17(11)15-13/h5,7-8,10H,2-4,6,9H2,1H3,(H,14,15). The molecule has 1 N–H and O–H groups in total. The predicted octanol–water partition coefficient (Wildman–Crippen LogP) is 1.57. The number of fused-ring (bicyclic) bond motifs is 1. The van der Waals surface area contributed by atoms with Gasteiger partial charge in [-0.2, -0.15) is 0 Å². The van der Waals surface area contributed by atoms with Gasteiger partial charge >= 0.3 is 0 Å². The van der Waals surface area contributed by atoms with Gasteiger partial charge in [0.1, 0.15) is 5.82 Å². The molecule has 96 valence electrons. The number of aromatic amines is 1. The van der Waals surface area contributed by atoms with Gasteiger partial charge in [0.2, 0.25) is 0 Å². The van der Waals surface area contributed by atoms with Crippen LogP contribution in [0.3, 0.4) is 0 Å². The quantitative estimate of drug-likeness (QED) is 0.875. The molecule has 18 heavy (non-hydrogen) atoms. The summed E-state index contributed by atoms with van der Waals surface area (Å²) in [6.45, 7) is 4.32. The van der Waals surface area contributed by atoms with Crippen LogP contribution in [0.15, 0.2) is 23.0 Å². The van der Waals surface area contributed by atoms with E-state index in [0.717, 1.165) is 25.3 Å². The lowest BCUT2D eigenvalue weighted by Crippen LogP contribution is -2.33. The van der Waals surface area contributed by atoms with Crippen molar-refractivity contribution in [3.05, 3.63) is 34.4 Å². The molecule has 1 aliphatic rings. The van der Waals surface area contributed by atoms with Gasteiger partial charge < -0.3 is 0 Å². The highest BCUT2D eigenvalue weighted by molar-refractivity contribution is 5.36. The summed E-state index contributed by atoms with van der Waals surface area (Å²) < 4.78 is 1.53. The molecule has 3 rings (SSSR count). The Morgan fingerprint density at radius 3 is 3.11 bits per heavy atom. The zero-order valence-corrected chi connectivity index (χ0v) is 10.6. The molecule has 0 bridgehead atoms. The van der Waals surface area contributed by atoms with E-state index in [1.165, 1.54) is 17.4 Å². The first kappa shape index (κ1) is 11.5. The molecule has 1 saturated heterocycles. The normalized spacial score (nSPS) is 21.5. The first-order valence-electron chi connectivity index (χ1n) is 6.61. The van der Waals surface area contributed by atoms with E-state index in [2.05, 4.69) is 21.9 Å². The number of piperidine rings is 1. The van der Waals surface area contributed by atoms with Crippen LogP contribution in [-0.2, 0) is 0 Å². The van der Waals surface area contributed by atoms with Crippen LogP contribution in [-0.4, -0.2) is 32.6 Å². The molecule has 1 unspecified atom stereocenters. The maximum Gasteiger partial charge on any atom is 0.271 e. The molecule has 1 fully saturated rings. The number of nitrogens with one attached hydrogen (secondary N) is 1. The summed E-state index contributed by atoms with van der Waals surface area (Å²) in [5.41, 5.74) is 0.657. The van der Waals surface area contributed by atoms with Crippen molar-refractivity contribution in [3.8, 4) is 0 Å². The van der Waals surface area contributed by atoms with Gasteiger partial charge in [-0.1, -0.05) is 19.4 Å². The van der Waals surface area contributed by atoms with Crippen molar-refractivity contribution in [3.63, 3.8) is 0 Å². The van der Waals surface area contributed by atoms with Crippen LogP contribution < -0.4 is 5.56 Å². The van der Waals surface area contributed by atoms with E-state index in [4.69, 9.17) is 0 Å². The smallest absolute Gasteiger partial charge is 0.271 e. The van der Waals surface area contributed by atoms with Crippen molar-refractivity contribution in [2.45, 2.75) is 32.2 Å². The Morgan fingerprint density at radius 2 is 2.33 bits per heavy atom. The summed E-state index contributed by atoms with van der Waals surface area (Å²) in [6.07, 6.45) is 3.60. The lowest BCUT2D eigenvalue weighted by atomic mass is 10.0. The molecule has 5 heteroatoms. The number of H-pyrrole nitrogens is 1. The Bertz CT molecular complexity index is 600. The summed E-state index contributed by atoms with van der Waals surface area (Å²) in [7, 11) is 0. The van der Waals surface area contributed by atoms with Gasteiger partial charge in [0.05, 0.1) is 6.04 Å². The monoisotopic (exact) mass is 246 g/mol. The van der Waals surface area contributed by atoms with E-state index in [-0.39, 0.29) is 5.56 Å². The summed E-state index contributed by atoms with van der Waals surface area (Å²) in [4.78, 5) is 18.7. The second-order valence-electron chi connectivity index (χ2n) is 4.81. The van der Waals surface area contributed by atoms with Gasteiger partial charge in [0.25, 0.3) is 5.56 Å². The molecule has 0 radical (unpaired) electrons. The molecule has 2 aromatic heterocycles. The SMILES string of the molecule is CCN1CCCCC1c1nc2cccc(=O)n2[nH]1. The summed E-state index contributed by atoms with van der Waals surface area (Å²) in [5.74, 6) is 0.917. The molecule has 1 atom stereocenters. The summed E-state index contributed by atoms with van der Waals surface area (Å²) in [5, 5.41) is 3.15. The van der Waals surface area contributed by atoms with Crippen molar-refractivity contribution in [2.24, 2.45) is 0 Å². The highest BCUT2D eigenvalue weighted by Crippen LogP contribution is 2.28. The molecular formula is C13H18N4O. The third-order valence-corrected chi connectivity index (χ3v) is 3.73. The van der Waals surface area contributed by atoms with E-state index in [0.29, 0.717) is 11.7 Å². The lowest BCUT2D eigenvalue weighted by Gasteiger charge is -2.33. The average Bonchev–Trinajstić information content (AvgIpc) is 2.84. The van der Waals surface area contributed by atoms with Crippen LogP contribution in [0.25, 0.3) is 5.65 Å².